The van der Waals surface area contributed by atoms with Crippen LogP contribution in [0.2, 0.25) is 0 Å². The van der Waals surface area contributed by atoms with Gasteiger partial charge in [-0.25, -0.2) is 0 Å². The number of fused-ring (bicyclic) bond motifs is 4. The van der Waals surface area contributed by atoms with Crippen molar-refractivity contribution in [2.75, 3.05) is 5.32 Å². The van der Waals surface area contributed by atoms with Gasteiger partial charge in [0.2, 0.25) is 0 Å². The zero-order valence-electron chi connectivity index (χ0n) is 35.5. The quantitative estimate of drug-likeness (QED) is 0.0738. The Morgan fingerprint density at radius 2 is 0.929 bits per heavy atom. The second-order valence-electron chi connectivity index (χ2n) is 17.7. The molecule has 0 aromatic heterocycles. The zero-order valence-corrected chi connectivity index (χ0v) is 35.5. The van der Waals surface area contributed by atoms with Crippen molar-refractivity contribution in [1.29, 1.82) is 0 Å². The first-order chi connectivity index (χ1) is 27.4. The van der Waals surface area contributed by atoms with Crippen molar-refractivity contribution >= 4 is 11.4 Å². The van der Waals surface area contributed by atoms with Crippen molar-refractivity contribution in [3.8, 4) is 33.4 Å². The van der Waals surface area contributed by atoms with E-state index in [0.29, 0.717) is 0 Å². The molecule has 0 atom stereocenters. The van der Waals surface area contributed by atoms with Gasteiger partial charge in [0.05, 0.1) is 0 Å². The van der Waals surface area contributed by atoms with Crippen molar-refractivity contribution < 1.29 is 0 Å². The van der Waals surface area contributed by atoms with E-state index < -0.39 is 0 Å². The molecule has 56 heavy (non-hydrogen) atoms. The molecule has 0 unspecified atom stereocenters. The molecule has 0 heterocycles. The Hall–Kier alpha value is -4.10. The summed E-state index contributed by atoms with van der Waals surface area (Å²) in [4.78, 5) is 0. The molecule has 1 nitrogen and oxygen atoms in total. The third-order valence-corrected chi connectivity index (χ3v) is 14.1. The van der Waals surface area contributed by atoms with Crippen LogP contribution < -0.4 is 5.32 Å². The molecule has 0 saturated carbocycles. The van der Waals surface area contributed by atoms with E-state index in [1.165, 1.54) is 166 Å². The summed E-state index contributed by atoms with van der Waals surface area (Å²) in [6, 6.07) is 40.1. The molecular formula is C55H69N. The maximum absolute atomic E-state index is 3.67. The number of nitrogens with one attached hydrogen (secondary N) is 1. The van der Waals surface area contributed by atoms with Crippen molar-refractivity contribution in [2.45, 2.75) is 161 Å². The molecule has 294 valence electrons. The van der Waals surface area contributed by atoms with Crippen molar-refractivity contribution in [1.82, 2.24) is 0 Å². The predicted molar refractivity (Wildman–Crippen MR) is 245 cm³/mol. The summed E-state index contributed by atoms with van der Waals surface area (Å²) in [5.74, 6) is 0. The van der Waals surface area contributed by atoms with E-state index in [1.807, 2.05) is 0 Å². The topological polar surface area (TPSA) is 12.0 Å². The average molecular weight is 744 g/mol. The van der Waals surface area contributed by atoms with Gasteiger partial charge in [0.1, 0.15) is 0 Å². The lowest BCUT2D eigenvalue weighted by Crippen LogP contribution is -2.27. The Bertz CT molecular complexity index is 2010. The van der Waals surface area contributed by atoms with Gasteiger partial charge in [-0.3, -0.25) is 0 Å². The minimum Gasteiger partial charge on any atom is -0.356 e. The highest BCUT2D eigenvalue weighted by molar-refractivity contribution is 5.84. The number of unbranched alkanes of at least 4 members (excludes halogenated alkanes) is 10. The summed E-state index contributed by atoms with van der Waals surface area (Å²) in [5.41, 5.74) is 18.5. The number of hydrogen-bond donors (Lipinski definition) is 1. The lowest BCUT2D eigenvalue weighted by atomic mass is 9.68. The molecule has 0 radical (unpaired) electrons. The number of anilines is 2. The molecular weight excluding hydrogens is 675 g/mol. The van der Waals surface area contributed by atoms with Crippen LogP contribution in [0.4, 0.5) is 11.4 Å². The number of benzene rings is 5. The summed E-state index contributed by atoms with van der Waals surface area (Å²) in [5, 5.41) is 3.67. The van der Waals surface area contributed by atoms with Crippen LogP contribution in [0.3, 0.4) is 0 Å². The summed E-state index contributed by atoms with van der Waals surface area (Å²) >= 11 is 0. The van der Waals surface area contributed by atoms with Gasteiger partial charge in [-0.1, -0.05) is 184 Å². The number of aryl methyl sites for hydroxylation is 2. The average Bonchev–Trinajstić information content (AvgIpc) is 3.49. The highest BCUT2D eigenvalue weighted by Gasteiger charge is 2.43. The van der Waals surface area contributed by atoms with Gasteiger partial charge in [-0.15, -0.1) is 0 Å². The molecule has 1 N–H and O–H groups in total. The molecule has 0 saturated heterocycles. The summed E-state index contributed by atoms with van der Waals surface area (Å²) in [7, 11) is 0. The molecule has 7 rings (SSSR count). The maximum Gasteiger partial charge on any atom is 0.0384 e. The third kappa shape index (κ3) is 8.58. The first-order valence-corrected chi connectivity index (χ1v) is 22.8. The lowest BCUT2D eigenvalue weighted by Gasteiger charge is -2.35. The van der Waals surface area contributed by atoms with E-state index in [9.17, 15) is 0 Å². The normalized spacial score (nSPS) is 13.9. The van der Waals surface area contributed by atoms with Gasteiger partial charge in [0, 0.05) is 16.8 Å². The molecule has 1 heteroatoms. The standard InChI is InChI=1S/C55H69N/c1-6-10-12-14-16-18-36-55(37-19-17-15-13-11-7-2)52-39-46(28-34-50(52)51-35-29-47(40-53(51)55)54(5,8-3)9-4)43-26-32-49(33-27-43)56-48-30-24-42(25-31-48)45-23-21-41-20-22-44(41)38-45/h21,23-35,38-40,56H,6-20,22,36-37H2,1-5H3. The van der Waals surface area contributed by atoms with Gasteiger partial charge in [0.25, 0.3) is 0 Å². The van der Waals surface area contributed by atoms with E-state index in [1.54, 1.807) is 11.1 Å². The smallest absolute Gasteiger partial charge is 0.0384 e. The van der Waals surface area contributed by atoms with Gasteiger partial charge < -0.3 is 5.32 Å². The fourth-order valence-electron chi connectivity index (χ4n) is 9.82. The SMILES string of the molecule is CCCCCCCCC1(CCCCCCCC)c2cc(-c3ccc(Nc4ccc(-c5ccc6c(c5)CC6)cc4)cc3)ccc2-c2ccc(C(C)(CC)CC)cc21. The van der Waals surface area contributed by atoms with Crippen molar-refractivity contribution in [3.63, 3.8) is 0 Å². The molecule has 5 aromatic carbocycles. The molecule has 5 aromatic rings. The number of rotatable bonds is 21. The zero-order chi connectivity index (χ0) is 39.0. The van der Waals surface area contributed by atoms with Crippen molar-refractivity contribution in [3.05, 3.63) is 131 Å². The molecule has 2 aliphatic carbocycles. The molecule has 0 amide bonds. The predicted octanol–water partition coefficient (Wildman–Crippen LogP) is 16.7. The van der Waals surface area contributed by atoms with Crippen LogP contribution in [0.1, 0.15) is 165 Å². The summed E-state index contributed by atoms with van der Waals surface area (Å²) in [6.45, 7) is 11.9. The van der Waals surface area contributed by atoms with Crippen LogP contribution in [-0.4, -0.2) is 0 Å². The van der Waals surface area contributed by atoms with E-state index in [-0.39, 0.29) is 10.8 Å². The Balaban J connectivity index is 1.17. The van der Waals surface area contributed by atoms with E-state index in [0.717, 1.165) is 11.4 Å². The Morgan fingerprint density at radius 1 is 0.464 bits per heavy atom. The van der Waals surface area contributed by atoms with Crippen LogP contribution in [0.25, 0.3) is 33.4 Å². The fourth-order valence-corrected chi connectivity index (χ4v) is 9.82. The monoisotopic (exact) mass is 744 g/mol. The van der Waals surface area contributed by atoms with Crippen LogP contribution in [-0.2, 0) is 23.7 Å². The van der Waals surface area contributed by atoms with Gasteiger partial charge in [0.15, 0.2) is 0 Å². The second-order valence-corrected chi connectivity index (χ2v) is 17.7. The Labute approximate surface area is 340 Å². The van der Waals surface area contributed by atoms with Crippen LogP contribution >= 0.6 is 0 Å². The number of hydrogen-bond acceptors (Lipinski definition) is 1. The Morgan fingerprint density at radius 3 is 1.45 bits per heavy atom. The van der Waals surface area contributed by atoms with E-state index in [4.69, 9.17) is 0 Å². The van der Waals surface area contributed by atoms with Crippen LogP contribution in [0.5, 0.6) is 0 Å². The highest BCUT2D eigenvalue weighted by atomic mass is 14.9. The Kier molecular flexibility index (Phi) is 13.2. The first kappa shape index (κ1) is 40.1. The minimum atomic E-state index is 0.0722. The van der Waals surface area contributed by atoms with Crippen molar-refractivity contribution in [2.24, 2.45) is 0 Å². The highest BCUT2D eigenvalue weighted by Crippen LogP contribution is 2.56. The van der Waals surface area contributed by atoms with Crippen LogP contribution in [0, 0.1) is 0 Å². The van der Waals surface area contributed by atoms with Crippen LogP contribution in [0.15, 0.2) is 103 Å². The summed E-state index contributed by atoms with van der Waals surface area (Å²) in [6.07, 6.45) is 23.4. The summed E-state index contributed by atoms with van der Waals surface area (Å²) < 4.78 is 0. The van der Waals surface area contributed by atoms with E-state index in [2.05, 4.69) is 143 Å². The largest absolute Gasteiger partial charge is 0.356 e. The molecule has 0 spiro atoms. The third-order valence-electron chi connectivity index (χ3n) is 14.1. The molecule has 0 aliphatic heterocycles. The van der Waals surface area contributed by atoms with Gasteiger partial charge in [-0.05, 0) is 135 Å². The van der Waals surface area contributed by atoms with E-state index >= 15 is 0 Å². The fraction of sp³-hybridized carbons (Fsp3) is 0.455. The van der Waals surface area contributed by atoms with Gasteiger partial charge in [-0.2, -0.15) is 0 Å². The minimum absolute atomic E-state index is 0.0722. The lowest BCUT2D eigenvalue weighted by molar-refractivity contribution is 0.395. The first-order valence-electron chi connectivity index (χ1n) is 22.8. The maximum atomic E-state index is 3.67. The van der Waals surface area contributed by atoms with Gasteiger partial charge >= 0.3 is 0 Å². The molecule has 0 fully saturated rings. The second kappa shape index (κ2) is 18.4. The molecule has 0 bridgehead atoms. The molecule has 2 aliphatic rings.